The van der Waals surface area contributed by atoms with Gasteiger partial charge in [-0.25, -0.2) is 0 Å². The zero-order valence-corrected chi connectivity index (χ0v) is 20.3. The molecular weight excluding hydrogens is 456 g/mol. The predicted molar refractivity (Wildman–Crippen MR) is 129 cm³/mol. The number of thiophene rings is 1. The predicted octanol–water partition coefficient (Wildman–Crippen LogP) is 5.37. The Kier molecular flexibility index (Phi) is 12.0. The van der Waals surface area contributed by atoms with E-state index in [2.05, 4.69) is 0 Å². The van der Waals surface area contributed by atoms with Crippen molar-refractivity contribution in [1.29, 1.82) is 0 Å². The number of esters is 2. The number of unbranched alkanes of at least 4 members (excludes halogenated alkanes) is 4. The molecule has 34 heavy (non-hydrogen) atoms. The highest BCUT2D eigenvalue weighted by Gasteiger charge is 2.21. The molecule has 8 heteroatoms. The molecule has 1 aromatic carbocycles. The molecule has 0 fully saturated rings. The van der Waals surface area contributed by atoms with Gasteiger partial charge in [-0.1, -0.05) is 30.3 Å². The maximum Gasteiger partial charge on any atom is 0.313 e. The van der Waals surface area contributed by atoms with Crippen LogP contribution in [0.15, 0.2) is 42.5 Å². The van der Waals surface area contributed by atoms with Crippen LogP contribution < -0.4 is 0 Å². The molecule has 0 radical (unpaired) electrons. The second kappa shape index (κ2) is 15.0. The summed E-state index contributed by atoms with van der Waals surface area (Å²) in [7, 11) is 0. The Morgan fingerprint density at radius 1 is 0.824 bits per heavy atom. The first kappa shape index (κ1) is 27.2. The molecule has 1 heterocycles. The molecule has 1 N–H and O–H groups in total. The van der Waals surface area contributed by atoms with Crippen molar-refractivity contribution in [3.63, 3.8) is 0 Å². The molecule has 0 unspecified atom stereocenters. The van der Waals surface area contributed by atoms with Crippen LogP contribution in [0.3, 0.4) is 0 Å². The first-order valence-electron chi connectivity index (χ1n) is 11.6. The number of carbonyl (C=O) groups is 4. The molecule has 0 aliphatic heterocycles. The number of carbonyl (C=O) groups excluding carboxylic acids is 3. The Bertz CT molecular complexity index is 936. The van der Waals surface area contributed by atoms with Gasteiger partial charge in [0.05, 0.1) is 24.0 Å². The Labute approximate surface area is 204 Å². The summed E-state index contributed by atoms with van der Waals surface area (Å²) in [6, 6.07) is 12.6. The Balaban J connectivity index is 1.57. The third-order valence-electron chi connectivity index (χ3n) is 5.23. The number of ketones is 1. The van der Waals surface area contributed by atoms with Crippen LogP contribution >= 0.6 is 11.3 Å². The number of carboxylic acids is 1. The SMILES string of the molecule is C[C@@H](C(=O)OCCCCCC(=O)OCCCCCC(=O)O)c1ccc(C(=O)c2ccccc2)s1. The smallest absolute Gasteiger partial charge is 0.313 e. The van der Waals surface area contributed by atoms with E-state index in [4.69, 9.17) is 14.6 Å². The van der Waals surface area contributed by atoms with E-state index in [-0.39, 0.29) is 30.7 Å². The second-order valence-electron chi connectivity index (χ2n) is 8.02. The van der Waals surface area contributed by atoms with Crippen LogP contribution in [0.25, 0.3) is 0 Å². The minimum atomic E-state index is -0.812. The van der Waals surface area contributed by atoms with E-state index in [1.807, 2.05) is 18.2 Å². The highest BCUT2D eigenvalue weighted by atomic mass is 32.1. The van der Waals surface area contributed by atoms with Crippen molar-refractivity contribution < 1.29 is 33.8 Å². The molecule has 2 rings (SSSR count). The summed E-state index contributed by atoms with van der Waals surface area (Å²) in [6.45, 7) is 2.36. The zero-order valence-electron chi connectivity index (χ0n) is 19.5. The molecule has 0 aliphatic carbocycles. The van der Waals surface area contributed by atoms with Crippen LogP contribution in [0, 0.1) is 0 Å². The van der Waals surface area contributed by atoms with E-state index in [1.165, 1.54) is 11.3 Å². The summed E-state index contributed by atoms with van der Waals surface area (Å²) < 4.78 is 10.5. The molecule has 0 amide bonds. The van der Waals surface area contributed by atoms with Gasteiger partial charge in [0.15, 0.2) is 0 Å². The van der Waals surface area contributed by atoms with E-state index >= 15 is 0 Å². The Morgan fingerprint density at radius 3 is 2.15 bits per heavy atom. The quantitative estimate of drug-likeness (QED) is 0.192. The molecule has 0 aliphatic rings. The van der Waals surface area contributed by atoms with Crippen molar-refractivity contribution in [2.24, 2.45) is 0 Å². The van der Waals surface area contributed by atoms with Crippen molar-refractivity contribution in [3.8, 4) is 0 Å². The van der Waals surface area contributed by atoms with Crippen LogP contribution in [0.1, 0.15) is 84.3 Å². The fourth-order valence-electron chi connectivity index (χ4n) is 3.21. The van der Waals surface area contributed by atoms with E-state index in [1.54, 1.807) is 31.2 Å². The fraction of sp³-hybridized carbons (Fsp3) is 0.462. The molecule has 0 saturated carbocycles. The van der Waals surface area contributed by atoms with Gasteiger partial charge >= 0.3 is 17.9 Å². The van der Waals surface area contributed by atoms with Crippen molar-refractivity contribution in [1.82, 2.24) is 0 Å². The van der Waals surface area contributed by atoms with Crippen molar-refractivity contribution in [3.05, 3.63) is 57.8 Å². The zero-order chi connectivity index (χ0) is 24.8. The number of rotatable bonds is 16. The lowest BCUT2D eigenvalue weighted by atomic mass is 10.1. The van der Waals surface area contributed by atoms with E-state index in [9.17, 15) is 19.2 Å². The van der Waals surface area contributed by atoms with Crippen LogP contribution in [0.4, 0.5) is 0 Å². The molecule has 1 atom stereocenters. The molecule has 1 aromatic heterocycles. The largest absolute Gasteiger partial charge is 0.481 e. The van der Waals surface area contributed by atoms with Gasteiger partial charge in [-0.15, -0.1) is 11.3 Å². The Morgan fingerprint density at radius 2 is 1.47 bits per heavy atom. The molecule has 184 valence electrons. The number of benzene rings is 1. The van der Waals surface area contributed by atoms with Gasteiger partial charge < -0.3 is 14.6 Å². The highest BCUT2D eigenvalue weighted by molar-refractivity contribution is 7.14. The summed E-state index contributed by atoms with van der Waals surface area (Å²) in [6.07, 6.45) is 4.48. The van der Waals surface area contributed by atoms with E-state index in [0.29, 0.717) is 49.2 Å². The molecular formula is C26H32O7S. The lowest BCUT2D eigenvalue weighted by molar-refractivity contribution is -0.146. The lowest BCUT2D eigenvalue weighted by Gasteiger charge is -2.10. The number of carboxylic acid groups (broad SMARTS) is 1. The third kappa shape index (κ3) is 9.87. The maximum atomic E-state index is 12.5. The summed E-state index contributed by atoms with van der Waals surface area (Å²) >= 11 is 1.31. The monoisotopic (exact) mass is 488 g/mol. The third-order valence-corrected chi connectivity index (χ3v) is 6.50. The summed E-state index contributed by atoms with van der Waals surface area (Å²) in [5, 5.41) is 8.56. The number of hydrogen-bond acceptors (Lipinski definition) is 7. The summed E-state index contributed by atoms with van der Waals surface area (Å²) in [5.41, 5.74) is 0.616. The molecule has 0 spiro atoms. The van der Waals surface area contributed by atoms with Crippen LogP contribution in [-0.4, -0.2) is 42.0 Å². The normalized spacial score (nSPS) is 11.6. The number of hydrogen-bond donors (Lipinski definition) is 1. The van der Waals surface area contributed by atoms with Crippen molar-refractivity contribution >= 4 is 35.0 Å². The highest BCUT2D eigenvalue weighted by Crippen LogP contribution is 2.27. The average molecular weight is 489 g/mol. The second-order valence-corrected chi connectivity index (χ2v) is 9.14. The average Bonchev–Trinajstić information content (AvgIpc) is 3.33. The van der Waals surface area contributed by atoms with E-state index < -0.39 is 11.9 Å². The van der Waals surface area contributed by atoms with Gasteiger partial charge in [0.1, 0.15) is 0 Å². The van der Waals surface area contributed by atoms with Gasteiger partial charge in [-0.3, -0.25) is 19.2 Å². The maximum absolute atomic E-state index is 12.5. The van der Waals surface area contributed by atoms with Crippen LogP contribution in [0.5, 0.6) is 0 Å². The topological polar surface area (TPSA) is 107 Å². The molecule has 2 aromatic rings. The summed E-state index contributed by atoms with van der Waals surface area (Å²) in [4.78, 5) is 48.4. The first-order valence-corrected chi connectivity index (χ1v) is 12.4. The number of ether oxygens (including phenoxy) is 2. The van der Waals surface area contributed by atoms with Gasteiger partial charge in [0.2, 0.25) is 5.78 Å². The van der Waals surface area contributed by atoms with Gasteiger partial charge in [0, 0.05) is 23.3 Å². The van der Waals surface area contributed by atoms with Gasteiger partial charge in [-0.05, 0) is 57.6 Å². The van der Waals surface area contributed by atoms with Crippen molar-refractivity contribution in [2.45, 2.75) is 64.2 Å². The van der Waals surface area contributed by atoms with Crippen molar-refractivity contribution in [2.75, 3.05) is 13.2 Å². The van der Waals surface area contributed by atoms with Gasteiger partial charge in [-0.2, -0.15) is 0 Å². The Hall–Kier alpha value is -3.00. The van der Waals surface area contributed by atoms with Crippen LogP contribution in [-0.2, 0) is 23.9 Å². The number of aliphatic carboxylic acids is 1. The standard InChI is InChI=1S/C26H32O7S/c1-19(21-15-16-22(34-21)25(30)20-11-5-2-6-12-20)26(31)33-18-10-4-8-14-24(29)32-17-9-3-7-13-23(27)28/h2,5-6,11-12,15-16,19H,3-4,7-10,13-14,17-18H2,1H3,(H,27,28)/t19-/m1/s1. The first-order chi connectivity index (χ1) is 16.4. The molecule has 0 bridgehead atoms. The van der Waals surface area contributed by atoms with Crippen LogP contribution in [0.2, 0.25) is 0 Å². The minimum Gasteiger partial charge on any atom is -0.481 e. The minimum absolute atomic E-state index is 0.0610. The summed E-state index contributed by atoms with van der Waals surface area (Å²) in [5.74, 6) is -1.92. The van der Waals surface area contributed by atoms with E-state index in [0.717, 1.165) is 17.7 Å². The van der Waals surface area contributed by atoms with Gasteiger partial charge in [0.25, 0.3) is 0 Å². The molecule has 0 saturated heterocycles. The molecule has 7 nitrogen and oxygen atoms in total. The fourth-order valence-corrected chi connectivity index (χ4v) is 4.22. The lowest BCUT2D eigenvalue weighted by Crippen LogP contribution is -2.13.